The van der Waals surface area contributed by atoms with E-state index in [0.29, 0.717) is 12.4 Å². The Bertz CT molecular complexity index is 578. The van der Waals surface area contributed by atoms with Crippen LogP contribution in [0, 0.1) is 6.92 Å². The molecule has 0 aliphatic heterocycles. The second-order valence-electron chi connectivity index (χ2n) is 4.34. The molecule has 0 radical (unpaired) electrons. The highest BCUT2D eigenvalue weighted by Gasteiger charge is 2.15. The molecule has 0 aliphatic rings. The third-order valence-corrected chi connectivity index (χ3v) is 3.00. The molecular formula is C12H19N5O. The van der Waals surface area contributed by atoms with Crippen LogP contribution in [0.15, 0.2) is 11.0 Å². The molecule has 0 bridgehead atoms. The maximum absolute atomic E-state index is 11.7. The van der Waals surface area contributed by atoms with E-state index in [9.17, 15) is 4.79 Å². The van der Waals surface area contributed by atoms with Crippen LogP contribution in [0.25, 0.3) is 11.4 Å². The van der Waals surface area contributed by atoms with E-state index in [0.717, 1.165) is 30.6 Å². The van der Waals surface area contributed by atoms with E-state index in [2.05, 4.69) is 22.2 Å². The van der Waals surface area contributed by atoms with Gasteiger partial charge in [-0.1, -0.05) is 13.3 Å². The van der Waals surface area contributed by atoms with Gasteiger partial charge in [-0.25, -0.2) is 9.89 Å². The van der Waals surface area contributed by atoms with Crippen LogP contribution in [-0.4, -0.2) is 24.5 Å². The molecule has 0 fully saturated rings. The van der Waals surface area contributed by atoms with E-state index in [4.69, 9.17) is 0 Å². The third kappa shape index (κ3) is 2.23. The molecule has 2 rings (SSSR count). The van der Waals surface area contributed by atoms with Gasteiger partial charge in [0.2, 0.25) is 0 Å². The highest BCUT2D eigenvalue weighted by molar-refractivity contribution is 5.56. The van der Waals surface area contributed by atoms with Gasteiger partial charge in [0, 0.05) is 19.3 Å². The summed E-state index contributed by atoms with van der Waals surface area (Å²) in [6.45, 7) is 7.57. The van der Waals surface area contributed by atoms with Gasteiger partial charge in [0.05, 0.1) is 11.3 Å². The number of nitrogens with one attached hydrogen (secondary N) is 1. The molecule has 6 heteroatoms. The molecule has 98 valence electrons. The average Bonchev–Trinajstić information content (AvgIpc) is 2.90. The van der Waals surface area contributed by atoms with Gasteiger partial charge in [-0.2, -0.15) is 10.2 Å². The van der Waals surface area contributed by atoms with Crippen molar-refractivity contribution in [1.82, 2.24) is 24.5 Å². The molecule has 0 saturated carbocycles. The Morgan fingerprint density at radius 2 is 2.17 bits per heavy atom. The van der Waals surface area contributed by atoms with Crippen molar-refractivity contribution >= 4 is 0 Å². The molecule has 2 aromatic rings. The van der Waals surface area contributed by atoms with Crippen molar-refractivity contribution in [2.75, 3.05) is 0 Å². The van der Waals surface area contributed by atoms with Gasteiger partial charge in [-0.3, -0.25) is 9.25 Å². The fourth-order valence-corrected chi connectivity index (χ4v) is 1.95. The van der Waals surface area contributed by atoms with Gasteiger partial charge in [-0.15, -0.1) is 0 Å². The predicted octanol–water partition coefficient (Wildman–Crippen LogP) is 1.56. The fraction of sp³-hybridized carbons (Fsp3) is 0.583. The minimum absolute atomic E-state index is 0.151. The van der Waals surface area contributed by atoms with E-state index in [-0.39, 0.29) is 5.69 Å². The first-order valence-corrected chi connectivity index (χ1v) is 6.37. The number of H-pyrrole nitrogens is 1. The van der Waals surface area contributed by atoms with Crippen molar-refractivity contribution in [3.8, 4) is 11.4 Å². The van der Waals surface area contributed by atoms with Gasteiger partial charge >= 0.3 is 5.69 Å². The summed E-state index contributed by atoms with van der Waals surface area (Å²) in [7, 11) is 0. The Hall–Kier alpha value is -1.85. The summed E-state index contributed by atoms with van der Waals surface area (Å²) in [6.07, 6.45) is 3.95. The Morgan fingerprint density at radius 1 is 1.39 bits per heavy atom. The molecule has 0 saturated heterocycles. The van der Waals surface area contributed by atoms with Gasteiger partial charge < -0.3 is 0 Å². The maximum atomic E-state index is 11.7. The second kappa shape index (κ2) is 5.20. The molecule has 6 nitrogen and oxygen atoms in total. The monoisotopic (exact) mass is 249 g/mol. The summed E-state index contributed by atoms with van der Waals surface area (Å²) in [4.78, 5) is 11.7. The molecule has 0 aliphatic carbocycles. The highest BCUT2D eigenvalue weighted by atomic mass is 16.1. The van der Waals surface area contributed by atoms with Gasteiger partial charge in [0.25, 0.3) is 0 Å². The summed E-state index contributed by atoms with van der Waals surface area (Å²) in [5, 5.41) is 11.0. The van der Waals surface area contributed by atoms with Crippen molar-refractivity contribution in [3.63, 3.8) is 0 Å². The second-order valence-corrected chi connectivity index (χ2v) is 4.34. The summed E-state index contributed by atoms with van der Waals surface area (Å²) in [6, 6.07) is 0. The quantitative estimate of drug-likeness (QED) is 0.874. The first kappa shape index (κ1) is 12.6. The topological polar surface area (TPSA) is 68.5 Å². The normalized spacial score (nSPS) is 11.1. The van der Waals surface area contributed by atoms with Crippen molar-refractivity contribution in [1.29, 1.82) is 0 Å². The zero-order valence-corrected chi connectivity index (χ0v) is 11.1. The van der Waals surface area contributed by atoms with Crippen LogP contribution >= 0.6 is 0 Å². The first-order valence-electron chi connectivity index (χ1n) is 6.37. The van der Waals surface area contributed by atoms with Crippen LogP contribution in [0.1, 0.15) is 32.4 Å². The van der Waals surface area contributed by atoms with Crippen LogP contribution in [-0.2, 0) is 13.1 Å². The summed E-state index contributed by atoms with van der Waals surface area (Å²) >= 11 is 0. The minimum Gasteiger partial charge on any atom is -0.275 e. The molecule has 0 spiro atoms. The average molecular weight is 249 g/mol. The number of rotatable bonds is 5. The van der Waals surface area contributed by atoms with Crippen molar-refractivity contribution < 1.29 is 0 Å². The molecule has 2 aromatic heterocycles. The van der Waals surface area contributed by atoms with Gasteiger partial charge in [-0.05, 0) is 20.3 Å². The molecule has 2 heterocycles. The Balaban J connectivity index is 2.43. The van der Waals surface area contributed by atoms with E-state index in [1.807, 2.05) is 24.7 Å². The number of hydrogen-bond acceptors (Lipinski definition) is 3. The molecule has 1 N–H and O–H groups in total. The summed E-state index contributed by atoms with van der Waals surface area (Å²) in [5.74, 6) is 0.686. The first-order chi connectivity index (χ1) is 8.67. The zero-order valence-electron chi connectivity index (χ0n) is 11.1. The zero-order chi connectivity index (χ0) is 13.1. The standard InChI is InChI=1S/C12H19N5O/c1-4-6-7-17-11(13-14-12(17)18)10-8-16(5-2)15-9(10)3/h8H,4-7H2,1-3H3,(H,14,18). The Labute approximate surface area is 106 Å². The number of aromatic amines is 1. The van der Waals surface area contributed by atoms with Crippen molar-refractivity contribution in [2.24, 2.45) is 0 Å². The molecule has 0 atom stereocenters. The lowest BCUT2D eigenvalue weighted by molar-refractivity contribution is 0.619. The number of nitrogens with zero attached hydrogens (tertiary/aromatic N) is 4. The largest absolute Gasteiger partial charge is 0.343 e. The predicted molar refractivity (Wildman–Crippen MR) is 69.4 cm³/mol. The Kier molecular flexibility index (Phi) is 3.64. The van der Waals surface area contributed by atoms with Crippen LogP contribution in [0.2, 0.25) is 0 Å². The van der Waals surface area contributed by atoms with Crippen LogP contribution < -0.4 is 5.69 Å². The summed E-state index contributed by atoms with van der Waals surface area (Å²) in [5.41, 5.74) is 1.67. The number of aromatic nitrogens is 5. The van der Waals surface area contributed by atoms with E-state index in [1.165, 1.54) is 0 Å². The van der Waals surface area contributed by atoms with Gasteiger partial charge in [0.1, 0.15) is 0 Å². The molecule has 18 heavy (non-hydrogen) atoms. The van der Waals surface area contributed by atoms with E-state index in [1.54, 1.807) is 4.57 Å². The smallest absolute Gasteiger partial charge is 0.275 e. The molecular weight excluding hydrogens is 230 g/mol. The number of hydrogen-bond donors (Lipinski definition) is 1. The van der Waals surface area contributed by atoms with E-state index >= 15 is 0 Å². The lowest BCUT2D eigenvalue weighted by atomic mass is 10.2. The summed E-state index contributed by atoms with van der Waals surface area (Å²) < 4.78 is 3.54. The van der Waals surface area contributed by atoms with Crippen molar-refractivity contribution in [3.05, 3.63) is 22.4 Å². The molecule has 0 amide bonds. The Morgan fingerprint density at radius 3 is 2.78 bits per heavy atom. The number of aryl methyl sites for hydroxylation is 2. The molecule has 0 aromatic carbocycles. The highest BCUT2D eigenvalue weighted by Crippen LogP contribution is 2.19. The number of unbranched alkanes of at least 4 members (excludes halogenated alkanes) is 1. The van der Waals surface area contributed by atoms with Crippen LogP contribution in [0.5, 0.6) is 0 Å². The van der Waals surface area contributed by atoms with Crippen LogP contribution in [0.3, 0.4) is 0 Å². The molecule has 0 unspecified atom stereocenters. The third-order valence-electron chi connectivity index (χ3n) is 3.00. The SMILES string of the molecule is CCCCn1c(-c2cn(CC)nc2C)n[nH]c1=O. The fourth-order valence-electron chi connectivity index (χ4n) is 1.95. The minimum atomic E-state index is -0.151. The van der Waals surface area contributed by atoms with Crippen molar-refractivity contribution in [2.45, 2.75) is 46.7 Å². The lowest BCUT2D eigenvalue weighted by Gasteiger charge is -2.03. The maximum Gasteiger partial charge on any atom is 0.343 e. The lowest BCUT2D eigenvalue weighted by Crippen LogP contribution is -2.17. The van der Waals surface area contributed by atoms with E-state index < -0.39 is 0 Å². The van der Waals surface area contributed by atoms with Gasteiger partial charge in [0.15, 0.2) is 5.82 Å². The van der Waals surface area contributed by atoms with Crippen LogP contribution in [0.4, 0.5) is 0 Å².